The minimum Gasteiger partial charge on any atom is -0.322 e. The molecular formula is C9H9F4N. The van der Waals surface area contributed by atoms with Crippen LogP contribution in [0, 0.1) is 23.3 Å². The van der Waals surface area contributed by atoms with Crippen LogP contribution in [0.5, 0.6) is 0 Å². The fourth-order valence-electron chi connectivity index (χ4n) is 1.04. The molecule has 5 heteroatoms. The van der Waals surface area contributed by atoms with Crippen LogP contribution in [-0.4, -0.2) is 0 Å². The highest BCUT2D eigenvalue weighted by atomic mass is 19.2. The second kappa shape index (κ2) is 3.24. The Bertz CT molecular complexity index is 368. The molecule has 0 atom stereocenters. The van der Waals surface area contributed by atoms with Gasteiger partial charge in [-0.1, -0.05) is 0 Å². The molecule has 0 bridgehead atoms. The van der Waals surface area contributed by atoms with Crippen molar-refractivity contribution in [3.63, 3.8) is 0 Å². The first-order valence-electron chi connectivity index (χ1n) is 3.87. The van der Waals surface area contributed by atoms with Crippen molar-refractivity contribution in [1.82, 2.24) is 0 Å². The van der Waals surface area contributed by atoms with Crippen molar-refractivity contribution >= 4 is 0 Å². The van der Waals surface area contributed by atoms with E-state index in [0.29, 0.717) is 6.07 Å². The number of benzene rings is 1. The quantitative estimate of drug-likeness (QED) is 0.427. The molecule has 0 aromatic heterocycles. The molecule has 0 saturated heterocycles. The van der Waals surface area contributed by atoms with Crippen LogP contribution in [0.2, 0.25) is 0 Å². The molecule has 1 rings (SSSR count). The molecule has 78 valence electrons. The highest BCUT2D eigenvalue weighted by molar-refractivity contribution is 5.27. The molecule has 1 aromatic carbocycles. The predicted molar refractivity (Wildman–Crippen MR) is 43.5 cm³/mol. The first kappa shape index (κ1) is 11.0. The summed E-state index contributed by atoms with van der Waals surface area (Å²) in [7, 11) is 0. The van der Waals surface area contributed by atoms with Crippen molar-refractivity contribution in [2.24, 2.45) is 5.73 Å². The number of nitrogens with two attached hydrogens (primary N) is 1. The zero-order valence-corrected chi connectivity index (χ0v) is 7.67. The summed E-state index contributed by atoms with van der Waals surface area (Å²) in [4.78, 5) is 0. The van der Waals surface area contributed by atoms with E-state index in [2.05, 4.69) is 0 Å². The Morgan fingerprint density at radius 3 is 1.93 bits per heavy atom. The Balaban J connectivity index is 3.49. The van der Waals surface area contributed by atoms with E-state index >= 15 is 0 Å². The van der Waals surface area contributed by atoms with Gasteiger partial charge >= 0.3 is 0 Å². The zero-order chi connectivity index (χ0) is 11.1. The maximum atomic E-state index is 13.1. The molecule has 0 aliphatic rings. The summed E-state index contributed by atoms with van der Waals surface area (Å²) in [6.07, 6.45) is 0. The van der Waals surface area contributed by atoms with Gasteiger partial charge in [0.25, 0.3) is 0 Å². The van der Waals surface area contributed by atoms with Gasteiger partial charge in [-0.05, 0) is 19.9 Å². The maximum absolute atomic E-state index is 13.1. The molecule has 2 N–H and O–H groups in total. The Morgan fingerprint density at radius 1 is 1.00 bits per heavy atom. The topological polar surface area (TPSA) is 26.0 Å². The molecular weight excluding hydrogens is 198 g/mol. The Labute approximate surface area is 78.5 Å². The number of hydrogen-bond acceptors (Lipinski definition) is 1. The van der Waals surface area contributed by atoms with E-state index in [4.69, 9.17) is 5.73 Å². The summed E-state index contributed by atoms with van der Waals surface area (Å²) < 4.78 is 51.1. The smallest absolute Gasteiger partial charge is 0.197 e. The zero-order valence-electron chi connectivity index (χ0n) is 7.67. The summed E-state index contributed by atoms with van der Waals surface area (Å²) in [5, 5.41) is 0. The second-order valence-corrected chi connectivity index (χ2v) is 3.57. The molecule has 0 fully saturated rings. The van der Waals surface area contributed by atoms with E-state index in [-0.39, 0.29) is 0 Å². The minimum absolute atomic E-state index is 0.395. The average Bonchev–Trinajstić information content (AvgIpc) is 2.06. The molecule has 14 heavy (non-hydrogen) atoms. The van der Waals surface area contributed by atoms with E-state index in [0.717, 1.165) is 0 Å². The minimum atomic E-state index is -1.83. The lowest BCUT2D eigenvalue weighted by molar-refractivity contribution is 0.387. The molecule has 0 heterocycles. The van der Waals surface area contributed by atoms with Crippen LogP contribution >= 0.6 is 0 Å². The van der Waals surface area contributed by atoms with Crippen molar-refractivity contribution in [3.8, 4) is 0 Å². The third-order valence-corrected chi connectivity index (χ3v) is 1.80. The van der Waals surface area contributed by atoms with Gasteiger partial charge in [0.15, 0.2) is 23.3 Å². The van der Waals surface area contributed by atoms with Crippen LogP contribution < -0.4 is 5.73 Å². The third kappa shape index (κ3) is 1.72. The van der Waals surface area contributed by atoms with Gasteiger partial charge in [0.05, 0.1) is 0 Å². The molecule has 0 aliphatic heterocycles. The molecule has 0 aliphatic carbocycles. The van der Waals surface area contributed by atoms with Gasteiger partial charge in [-0.15, -0.1) is 0 Å². The van der Waals surface area contributed by atoms with E-state index in [1.165, 1.54) is 13.8 Å². The molecule has 1 aromatic rings. The van der Waals surface area contributed by atoms with E-state index in [9.17, 15) is 17.6 Å². The summed E-state index contributed by atoms with van der Waals surface area (Å²) in [5.41, 5.74) is 3.79. The molecule has 0 spiro atoms. The van der Waals surface area contributed by atoms with Gasteiger partial charge in [0.2, 0.25) is 0 Å². The van der Waals surface area contributed by atoms with Crippen molar-refractivity contribution in [3.05, 3.63) is 34.9 Å². The monoisotopic (exact) mass is 207 g/mol. The van der Waals surface area contributed by atoms with Crippen LogP contribution in [0.15, 0.2) is 6.07 Å². The molecule has 0 saturated carbocycles. The lowest BCUT2D eigenvalue weighted by atomic mass is 9.94. The maximum Gasteiger partial charge on any atom is 0.197 e. The number of halogens is 4. The molecule has 0 radical (unpaired) electrons. The summed E-state index contributed by atoms with van der Waals surface area (Å²) in [6.45, 7) is 2.73. The SMILES string of the molecule is CC(C)(N)c1cc(F)c(F)c(F)c1F. The first-order chi connectivity index (χ1) is 6.25. The molecule has 0 unspecified atom stereocenters. The second-order valence-electron chi connectivity index (χ2n) is 3.57. The van der Waals surface area contributed by atoms with Crippen molar-refractivity contribution in [2.45, 2.75) is 19.4 Å². The Hall–Kier alpha value is -1.10. The van der Waals surface area contributed by atoms with Gasteiger partial charge in [-0.3, -0.25) is 0 Å². The largest absolute Gasteiger partial charge is 0.322 e. The fraction of sp³-hybridized carbons (Fsp3) is 0.333. The van der Waals surface area contributed by atoms with Crippen LogP contribution in [0.3, 0.4) is 0 Å². The molecule has 1 nitrogen and oxygen atoms in total. The summed E-state index contributed by atoms with van der Waals surface area (Å²) in [5.74, 6) is -6.55. The van der Waals surface area contributed by atoms with E-state index < -0.39 is 34.4 Å². The van der Waals surface area contributed by atoms with Gasteiger partial charge in [0.1, 0.15) is 0 Å². The average molecular weight is 207 g/mol. The highest BCUT2D eigenvalue weighted by Gasteiger charge is 2.26. The fourth-order valence-corrected chi connectivity index (χ4v) is 1.04. The summed E-state index contributed by atoms with van der Waals surface area (Å²) >= 11 is 0. The van der Waals surface area contributed by atoms with Crippen LogP contribution in [0.4, 0.5) is 17.6 Å². The summed E-state index contributed by atoms with van der Waals surface area (Å²) in [6, 6.07) is 0.563. The third-order valence-electron chi connectivity index (χ3n) is 1.80. The van der Waals surface area contributed by atoms with Crippen LogP contribution in [0.25, 0.3) is 0 Å². The normalized spacial score (nSPS) is 11.9. The van der Waals surface area contributed by atoms with E-state index in [1.54, 1.807) is 0 Å². The van der Waals surface area contributed by atoms with Crippen LogP contribution in [-0.2, 0) is 5.54 Å². The van der Waals surface area contributed by atoms with Gasteiger partial charge in [0, 0.05) is 11.1 Å². The lowest BCUT2D eigenvalue weighted by Crippen LogP contribution is -2.30. The standard InChI is InChI=1S/C9H9F4N/c1-9(2,14)4-3-5(10)7(12)8(13)6(4)11/h3H,14H2,1-2H3. The van der Waals surface area contributed by atoms with Gasteiger partial charge in [-0.2, -0.15) is 0 Å². The molecule has 0 amide bonds. The van der Waals surface area contributed by atoms with Gasteiger partial charge < -0.3 is 5.73 Å². The van der Waals surface area contributed by atoms with E-state index in [1.807, 2.05) is 0 Å². The lowest BCUT2D eigenvalue weighted by Gasteiger charge is -2.20. The first-order valence-corrected chi connectivity index (χ1v) is 3.87. The Morgan fingerprint density at radius 2 is 1.50 bits per heavy atom. The van der Waals surface area contributed by atoms with Gasteiger partial charge in [-0.25, -0.2) is 17.6 Å². The van der Waals surface area contributed by atoms with Crippen molar-refractivity contribution in [1.29, 1.82) is 0 Å². The van der Waals surface area contributed by atoms with Crippen LogP contribution in [0.1, 0.15) is 19.4 Å². The number of hydrogen-bond donors (Lipinski definition) is 1. The van der Waals surface area contributed by atoms with Crippen molar-refractivity contribution in [2.75, 3.05) is 0 Å². The highest BCUT2D eigenvalue weighted by Crippen LogP contribution is 2.25. The van der Waals surface area contributed by atoms with Crippen molar-refractivity contribution < 1.29 is 17.6 Å². The predicted octanol–water partition coefficient (Wildman–Crippen LogP) is 2.44. The Kier molecular flexibility index (Phi) is 2.54. The number of rotatable bonds is 1.